The minimum absolute atomic E-state index is 0.0253. The number of aromatic nitrogens is 1. The Morgan fingerprint density at radius 2 is 1.96 bits per heavy atom. The van der Waals surface area contributed by atoms with E-state index in [1.807, 2.05) is 60.8 Å². The van der Waals surface area contributed by atoms with Crippen LogP contribution in [0.15, 0.2) is 60.1 Å². The first-order valence-electron chi connectivity index (χ1n) is 8.73. The van der Waals surface area contributed by atoms with Crippen molar-refractivity contribution in [3.05, 3.63) is 71.2 Å². The van der Waals surface area contributed by atoms with Gasteiger partial charge in [0.25, 0.3) is 0 Å². The number of benzene rings is 1. The van der Waals surface area contributed by atoms with E-state index in [4.69, 9.17) is 4.74 Å². The quantitative estimate of drug-likeness (QED) is 0.640. The fourth-order valence-corrected chi connectivity index (χ4v) is 3.51. The Morgan fingerprint density at radius 3 is 2.77 bits per heavy atom. The molecule has 0 unspecified atom stereocenters. The summed E-state index contributed by atoms with van der Waals surface area (Å²) in [6, 6.07) is 15.8. The van der Waals surface area contributed by atoms with Crippen molar-refractivity contribution in [1.29, 1.82) is 0 Å². The minimum Gasteiger partial charge on any atom is -0.494 e. The Hall–Kier alpha value is -2.66. The molecule has 134 valence electrons. The van der Waals surface area contributed by atoms with E-state index in [2.05, 4.69) is 10.3 Å². The maximum Gasteiger partial charge on any atom is 0.220 e. The van der Waals surface area contributed by atoms with Crippen LogP contribution in [0, 0.1) is 0 Å². The number of nitrogens with zero attached hydrogens (tertiary/aromatic N) is 1. The molecule has 3 aromatic rings. The SMILES string of the molecule is CCOc1ccccc1CCC(=O)NCc1cccnc1-c1cccs1. The molecule has 5 heteroatoms. The number of ether oxygens (including phenoxy) is 1. The maximum absolute atomic E-state index is 12.3. The number of hydrogen-bond acceptors (Lipinski definition) is 4. The number of nitrogens with one attached hydrogen (secondary N) is 1. The van der Waals surface area contributed by atoms with E-state index in [9.17, 15) is 4.79 Å². The molecular weight excluding hydrogens is 344 g/mol. The summed E-state index contributed by atoms with van der Waals surface area (Å²) >= 11 is 1.65. The van der Waals surface area contributed by atoms with Crippen molar-refractivity contribution < 1.29 is 9.53 Å². The topological polar surface area (TPSA) is 51.2 Å². The first-order chi connectivity index (χ1) is 12.8. The van der Waals surface area contributed by atoms with Crippen molar-refractivity contribution in [2.75, 3.05) is 6.61 Å². The van der Waals surface area contributed by atoms with Crippen LogP contribution in [0.25, 0.3) is 10.6 Å². The van der Waals surface area contributed by atoms with Crippen LogP contribution in [0.5, 0.6) is 5.75 Å². The molecule has 0 fully saturated rings. The number of hydrogen-bond donors (Lipinski definition) is 1. The number of aryl methyl sites for hydroxylation is 1. The number of rotatable bonds is 8. The fourth-order valence-electron chi connectivity index (χ4n) is 2.75. The Morgan fingerprint density at radius 1 is 1.12 bits per heavy atom. The smallest absolute Gasteiger partial charge is 0.220 e. The highest BCUT2D eigenvalue weighted by Crippen LogP contribution is 2.25. The predicted octanol–water partition coefficient (Wildman–Crippen LogP) is 4.46. The molecule has 0 saturated carbocycles. The number of carbonyl (C=O) groups excluding carboxylic acids is 1. The highest BCUT2D eigenvalue weighted by Gasteiger charge is 2.10. The number of para-hydroxylation sites is 1. The van der Waals surface area contributed by atoms with E-state index in [0.29, 0.717) is 26.0 Å². The molecule has 3 rings (SSSR count). The zero-order valence-electron chi connectivity index (χ0n) is 14.8. The number of thiophene rings is 1. The average Bonchev–Trinajstić information content (AvgIpc) is 3.21. The van der Waals surface area contributed by atoms with Gasteiger partial charge in [-0.15, -0.1) is 11.3 Å². The van der Waals surface area contributed by atoms with Gasteiger partial charge in [-0.05, 0) is 48.1 Å². The Kier molecular flexibility index (Phi) is 6.39. The van der Waals surface area contributed by atoms with Gasteiger partial charge in [-0.25, -0.2) is 0 Å². The molecule has 0 aliphatic carbocycles. The lowest BCUT2D eigenvalue weighted by molar-refractivity contribution is -0.121. The zero-order valence-corrected chi connectivity index (χ0v) is 15.6. The minimum atomic E-state index is 0.0253. The van der Waals surface area contributed by atoms with E-state index in [1.165, 1.54) is 0 Å². The molecular formula is C21H22N2O2S. The molecule has 1 N–H and O–H groups in total. The molecule has 0 radical (unpaired) electrons. The zero-order chi connectivity index (χ0) is 18.2. The summed E-state index contributed by atoms with van der Waals surface area (Å²) in [5, 5.41) is 5.04. The molecule has 0 aliphatic rings. The first kappa shape index (κ1) is 18.1. The van der Waals surface area contributed by atoms with Gasteiger partial charge in [0.15, 0.2) is 0 Å². The van der Waals surface area contributed by atoms with E-state index < -0.39 is 0 Å². The Balaban J connectivity index is 1.57. The summed E-state index contributed by atoms with van der Waals surface area (Å²) < 4.78 is 5.62. The van der Waals surface area contributed by atoms with Crippen LogP contribution in [0.2, 0.25) is 0 Å². The second-order valence-electron chi connectivity index (χ2n) is 5.81. The summed E-state index contributed by atoms with van der Waals surface area (Å²) in [5.74, 6) is 0.882. The van der Waals surface area contributed by atoms with Gasteiger partial charge in [-0.3, -0.25) is 9.78 Å². The van der Waals surface area contributed by atoms with E-state index in [1.54, 1.807) is 17.5 Å². The molecule has 2 heterocycles. The van der Waals surface area contributed by atoms with Crippen LogP contribution in [-0.4, -0.2) is 17.5 Å². The highest BCUT2D eigenvalue weighted by molar-refractivity contribution is 7.13. The molecule has 1 aromatic carbocycles. The summed E-state index contributed by atoms with van der Waals surface area (Å²) in [4.78, 5) is 17.9. The molecule has 2 aromatic heterocycles. The van der Waals surface area contributed by atoms with Gasteiger partial charge < -0.3 is 10.1 Å². The average molecular weight is 366 g/mol. The van der Waals surface area contributed by atoms with Gasteiger partial charge >= 0.3 is 0 Å². The van der Waals surface area contributed by atoms with Gasteiger partial charge in [-0.1, -0.05) is 30.3 Å². The van der Waals surface area contributed by atoms with Crippen molar-refractivity contribution in [3.63, 3.8) is 0 Å². The van der Waals surface area contributed by atoms with Crippen LogP contribution in [0.4, 0.5) is 0 Å². The summed E-state index contributed by atoms with van der Waals surface area (Å²) in [6.45, 7) is 3.06. The van der Waals surface area contributed by atoms with Crippen molar-refractivity contribution in [1.82, 2.24) is 10.3 Å². The first-order valence-corrected chi connectivity index (χ1v) is 9.61. The Bertz CT molecular complexity index is 847. The van der Waals surface area contributed by atoms with Crippen LogP contribution in [0.1, 0.15) is 24.5 Å². The summed E-state index contributed by atoms with van der Waals surface area (Å²) in [6.07, 6.45) is 2.87. The van der Waals surface area contributed by atoms with Gasteiger partial charge in [0, 0.05) is 19.2 Å². The van der Waals surface area contributed by atoms with E-state index in [-0.39, 0.29) is 5.91 Å². The van der Waals surface area contributed by atoms with Gasteiger partial charge in [0.1, 0.15) is 5.75 Å². The van der Waals surface area contributed by atoms with Crippen molar-refractivity contribution in [2.24, 2.45) is 0 Å². The lowest BCUT2D eigenvalue weighted by Crippen LogP contribution is -2.23. The standard InChI is InChI=1S/C21H22N2O2S/c1-2-25-18-9-4-3-7-16(18)11-12-20(24)23-15-17-8-5-13-22-21(17)19-10-6-14-26-19/h3-10,13-14H,2,11-12,15H2,1H3,(H,23,24). The predicted molar refractivity (Wildman–Crippen MR) is 105 cm³/mol. The normalized spacial score (nSPS) is 10.5. The van der Waals surface area contributed by atoms with Crippen LogP contribution < -0.4 is 10.1 Å². The monoisotopic (exact) mass is 366 g/mol. The lowest BCUT2D eigenvalue weighted by Gasteiger charge is -2.11. The third kappa shape index (κ3) is 4.70. The molecule has 0 spiro atoms. The Labute approximate surface area is 157 Å². The van der Waals surface area contributed by atoms with Crippen molar-refractivity contribution >= 4 is 17.2 Å². The molecule has 0 saturated heterocycles. The third-order valence-corrected chi connectivity index (χ3v) is 4.89. The largest absolute Gasteiger partial charge is 0.494 e. The van der Waals surface area contributed by atoms with Crippen LogP contribution >= 0.6 is 11.3 Å². The van der Waals surface area contributed by atoms with Crippen molar-refractivity contribution in [2.45, 2.75) is 26.3 Å². The summed E-state index contributed by atoms with van der Waals surface area (Å²) in [5.41, 5.74) is 3.02. The highest BCUT2D eigenvalue weighted by atomic mass is 32.1. The third-order valence-electron chi connectivity index (χ3n) is 4.02. The van der Waals surface area contributed by atoms with Crippen molar-refractivity contribution in [3.8, 4) is 16.3 Å². The number of pyridine rings is 1. The number of carbonyl (C=O) groups is 1. The molecule has 4 nitrogen and oxygen atoms in total. The fraction of sp³-hybridized carbons (Fsp3) is 0.238. The molecule has 0 aliphatic heterocycles. The van der Waals surface area contributed by atoms with Crippen LogP contribution in [-0.2, 0) is 17.8 Å². The second-order valence-corrected chi connectivity index (χ2v) is 6.75. The van der Waals surface area contributed by atoms with Gasteiger partial charge in [0.2, 0.25) is 5.91 Å². The van der Waals surface area contributed by atoms with Crippen LogP contribution in [0.3, 0.4) is 0 Å². The maximum atomic E-state index is 12.3. The summed E-state index contributed by atoms with van der Waals surface area (Å²) in [7, 11) is 0. The second kappa shape index (κ2) is 9.15. The molecule has 1 amide bonds. The van der Waals surface area contributed by atoms with E-state index >= 15 is 0 Å². The van der Waals surface area contributed by atoms with Gasteiger partial charge in [0.05, 0.1) is 17.2 Å². The van der Waals surface area contributed by atoms with E-state index in [0.717, 1.165) is 27.4 Å². The molecule has 0 bridgehead atoms. The van der Waals surface area contributed by atoms with Gasteiger partial charge in [-0.2, -0.15) is 0 Å². The number of amides is 1. The lowest BCUT2D eigenvalue weighted by atomic mass is 10.1. The molecule has 0 atom stereocenters. The molecule has 26 heavy (non-hydrogen) atoms.